The minimum Gasteiger partial charge on any atom is -0.342 e. The molecule has 3 aromatic rings. The summed E-state index contributed by atoms with van der Waals surface area (Å²) < 4.78 is 0.829. The number of carbonyl (C=O) groups excluding carboxylic acids is 12. The highest BCUT2D eigenvalue weighted by Gasteiger charge is 2.46. The number of hydrogen-bond acceptors (Lipinski definition) is 12. The Morgan fingerprint density at radius 2 is 1.23 bits per heavy atom. The van der Waals surface area contributed by atoms with Crippen molar-refractivity contribution in [2.75, 3.05) is 75.0 Å². The highest BCUT2D eigenvalue weighted by molar-refractivity contribution is 14.1. The van der Waals surface area contributed by atoms with Gasteiger partial charge >= 0.3 is 0 Å². The number of piperidine rings is 1. The lowest BCUT2D eigenvalue weighted by Gasteiger charge is -2.43. The SMILES string of the molecule is CC[C@H](C)[C@@H]1NC(=O)[C@H](CC(C)C)N(C)C(=O)C[C@@H](C(=O)N2CCCCC2)N(C)C(=O)[C@H](CC(C)C)NC(=O)C(C)(C)N(C)C(=O)[C@H](Cc2ccccc2Cl)NC(=O)[C@H](Cc2cccc(I)c2)NC(=O)CN(C)C(=O)[C@H](Cc2ccc(C)cc2)N(C)C(=O)C2CCN2C(=O)CN(C)C1=O. The van der Waals surface area contributed by atoms with E-state index in [-0.39, 0.29) is 61.9 Å². The highest BCUT2D eigenvalue weighted by Crippen LogP contribution is 2.27. The van der Waals surface area contributed by atoms with Gasteiger partial charge in [0, 0.05) is 89.8 Å². The molecule has 3 fully saturated rings. The van der Waals surface area contributed by atoms with Gasteiger partial charge in [0.2, 0.25) is 70.9 Å². The summed E-state index contributed by atoms with van der Waals surface area (Å²) in [6, 6.07) is 11.2. The molecule has 542 valence electrons. The van der Waals surface area contributed by atoms with E-state index in [1.165, 1.54) is 80.6 Å². The van der Waals surface area contributed by atoms with Crippen LogP contribution in [0.3, 0.4) is 0 Å². The van der Waals surface area contributed by atoms with Crippen LogP contribution in [-0.4, -0.2) is 239 Å². The summed E-state index contributed by atoms with van der Waals surface area (Å²) in [5.41, 5.74) is 0.972. The first-order valence-electron chi connectivity index (χ1n) is 34.5. The molecule has 0 radical (unpaired) electrons. The van der Waals surface area contributed by atoms with E-state index in [1.54, 1.807) is 48.2 Å². The Morgan fingerprint density at radius 3 is 1.83 bits per heavy atom. The van der Waals surface area contributed by atoms with Crippen molar-refractivity contribution in [2.45, 2.75) is 187 Å². The summed E-state index contributed by atoms with van der Waals surface area (Å²) in [5.74, 6) is -8.88. The van der Waals surface area contributed by atoms with Crippen LogP contribution in [0, 0.1) is 28.2 Å². The van der Waals surface area contributed by atoms with E-state index < -0.39 is 150 Å². The predicted octanol–water partition coefficient (Wildman–Crippen LogP) is 5.01. The number of amides is 12. The first kappa shape index (κ1) is 80.3. The Morgan fingerprint density at radius 1 is 0.596 bits per heavy atom. The van der Waals surface area contributed by atoms with E-state index >= 15 is 19.2 Å². The van der Waals surface area contributed by atoms with Crippen LogP contribution in [0.1, 0.15) is 129 Å². The zero-order chi connectivity index (χ0) is 73.5. The molecule has 0 aromatic heterocycles. The second kappa shape index (κ2) is 36.1. The van der Waals surface area contributed by atoms with Gasteiger partial charge in [-0.25, -0.2) is 0 Å². The average Bonchev–Trinajstić information content (AvgIpc) is 0.803. The van der Waals surface area contributed by atoms with E-state index in [9.17, 15) is 38.4 Å². The van der Waals surface area contributed by atoms with Crippen molar-refractivity contribution in [3.8, 4) is 0 Å². The van der Waals surface area contributed by atoms with Crippen LogP contribution < -0.4 is 21.3 Å². The maximum absolute atomic E-state index is 15.3. The van der Waals surface area contributed by atoms with Gasteiger partial charge in [-0.2, -0.15) is 0 Å². The highest BCUT2D eigenvalue weighted by atomic mass is 127. The molecule has 4 N–H and O–H groups in total. The van der Waals surface area contributed by atoms with Crippen molar-refractivity contribution in [3.63, 3.8) is 0 Å². The molecule has 99 heavy (non-hydrogen) atoms. The fraction of sp³-hybridized carbons (Fsp3) is 0.589. The number of likely N-dealkylation sites (N-methyl/N-ethyl adjacent to an activating group) is 6. The summed E-state index contributed by atoms with van der Waals surface area (Å²) in [6.07, 6.45) is 2.26. The number of hydrogen-bond donors (Lipinski definition) is 4. The molecule has 3 aromatic carbocycles. The normalized spacial score (nSPS) is 24.5. The molecule has 1 unspecified atom stereocenters. The molecule has 12 amide bonds. The first-order chi connectivity index (χ1) is 46.6. The molecule has 9 atom stereocenters. The number of nitrogens with zero attached hydrogens (tertiary/aromatic N) is 8. The van der Waals surface area contributed by atoms with Gasteiger partial charge in [-0.3, -0.25) is 57.5 Å². The van der Waals surface area contributed by atoms with Crippen molar-refractivity contribution < 1.29 is 57.5 Å². The largest absolute Gasteiger partial charge is 0.342 e. The lowest BCUT2D eigenvalue weighted by atomic mass is 9.95. The van der Waals surface area contributed by atoms with Crippen molar-refractivity contribution in [1.82, 2.24) is 60.5 Å². The molecule has 3 aliphatic rings. The minimum atomic E-state index is -1.77. The van der Waals surface area contributed by atoms with Gasteiger partial charge in [-0.15, -0.1) is 0 Å². The van der Waals surface area contributed by atoms with Crippen LogP contribution in [0.4, 0.5) is 0 Å². The topological polar surface area (TPSA) is 279 Å². The first-order valence-corrected chi connectivity index (χ1v) is 35.9. The molecular formula is C73H104ClIN12O12. The number of fused-ring (bicyclic) bond motifs is 1. The zero-order valence-electron chi connectivity index (χ0n) is 60.3. The number of rotatable bonds is 13. The molecule has 0 bridgehead atoms. The molecule has 6 rings (SSSR count). The third-order valence-electron chi connectivity index (χ3n) is 19.6. The molecule has 3 aliphatic heterocycles. The van der Waals surface area contributed by atoms with Gasteiger partial charge in [0.25, 0.3) is 0 Å². The molecule has 24 nitrogen and oxygen atoms in total. The number of carbonyl (C=O) groups is 12. The van der Waals surface area contributed by atoms with E-state index in [0.29, 0.717) is 49.0 Å². The van der Waals surface area contributed by atoms with Crippen LogP contribution in [-0.2, 0) is 76.8 Å². The lowest BCUT2D eigenvalue weighted by Crippen LogP contribution is -2.64. The van der Waals surface area contributed by atoms with Crippen molar-refractivity contribution in [3.05, 3.63) is 104 Å². The Hall–Kier alpha value is -7.68. The fourth-order valence-electron chi connectivity index (χ4n) is 12.6. The second-order valence-electron chi connectivity index (χ2n) is 28.4. The maximum atomic E-state index is 15.3. The molecular weight excluding hydrogens is 1400 g/mol. The smallest absolute Gasteiger partial charge is 0.246 e. The second-order valence-corrected chi connectivity index (χ2v) is 30.1. The van der Waals surface area contributed by atoms with Gasteiger partial charge in [0.1, 0.15) is 53.9 Å². The quantitative estimate of drug-likeness (QED) is 0.165. The Bertz CT molecular complexity index is 3420. The summed E-state index contributed by atoms with van der Waals surface area (Å²) in [7, 11) is 8.50. The van der Waals surface area contributed by atoms with Gasteiger partial charge in [0.05, 0.1) is 19.5 Å². The molecule has 0 aliphatic carbocycles. The van der Waals surface area contributed by atoms with Crippen LogP contribution in [0.15, 0.2) is 72.8 Å². The molecule has 3 heterocycles. The number of nitrogens with one attached hydrogen (secondary N) is 4. The molecule has 3 saturated heterocycles. The Balaban J connectivity index is 1.45. The van der Waals surface area contributed by atoms with Gasteiger partial charge in [0.15, 0.2) is 0 Å². The predicted molar refractivity (Wildman–Crippen MR) is 386 cm³/mol. The summed E-state index contributed by atoms with van der Waals surface area (Å²) >= 11 is 8.88. The Kier molecular flexibility index (Phi) is 29.3. The maximum Gasteiger partial charge on any atom is 0.246 e. The third-order valence-corrected chi connectivity index (χ3v) is 20.6. The zero-order valence-corrected chi connectivity index (χ0v) is 63.2. The monoisotopic (exact) mass is 1500 g/mol. The number of likely N-dealkylation sites (tertiary alicyclic amines) is 1. The minimum absolute atomic E-state index is 0.00821. The van der Waals surface area contributed by atoms with Crippen LogP contribution >= 0.6 is 34.2 Å². The van der Waals surface area contributed by atoms with Crippen molar-refractivity contribution in [1.29, 1.82) is 0 Å². The van der Waals surface area contributed by atoms with Gasteiger partial charge in [-0.1, -0.05) is 120 Å². The standard InChI is InChI=1S/C73H104ClIN12O12/c1-16-47(7)63-71(98)81(11)43-62(90)87-34-31-56(87)69(96)84(14)58(39-48-29-27-46(6)28-30-48)68(95)80(10)42-60(88)76-53(38-49-23-22-25-51(75)37-49)64(91)77-55(40-50-24-18-19-26-52(50)74)67(94)85(15)73(8,9)72(99)78-54(35-44(2)3)66(93)83(13)59(70(97)86-32-20-17-21-33-86)41-61(89)82(12)57(36-45(4)5)65(92)79-63/h18-19,22-30,37,44-45,47,53-59,63H,16-17,20-21,31-36,38-43H2,1-15H3,(H,76,88)(H,77,91)(H,78,99)(H,79,92)/t47-,53-,54-,55-,56?,57-,58-,59-,63-/m0/s1. The number of benzene rings is 3. The van der Waals surface area contributed by atoms with Crippen molar-refractivity contribution >= 4 is 105 Å². The van der Waals surface area contributed by atoms with Crippen LogP contribution in [0.2, 0.25) is 5.02 Å². The number of halogens is 2. The van der Waals surface area contributed by atoms with Crippen LogP contribution in [0.5, 0.6) is 0 Å². The molecule has 0 spiro atoms. The summed E-state index contributed by atoms with van der Waals surface area (Å²) in [5, 5.41) is 11.8. The molecule has 0 saturated carbocycles. The lowest BCUT2D eigenvalue weighted by molar-refractivity contribution is -0.157. The van der Waals surface area contributed by atoms with Crippen molar-refractivity contribution in [2.24, 2.45) is 17.8 Å². The van der Waals surface area contributed by atoms with Crippen LogP contribution in [0.25, 0.3) is 0 Å². The van der Waals surface area contributed by atoms with E-state index in [4.69, 9.17) is 11.6 Å². The van der Waals surface area contributed by atoms with E-state index in [1.807, 2.05) is 77.9 Å². The Labute approximate surface area is 602 Å². The summed E-state index contributed by atoms with van der Waals surface area (Å²) in [6.45, 7) is 15.7. The number of aryl methyl sites for hydroxylation is 1. The third kappa shape index (κ3) is 21.2. The average molecular weight is 1500 g/mol. The van der Waals surface area contributed by atoms with E-state index in [0.717, 1.165) is 25.4 Å². The van der Waals surface area contributed by atoms with Gasteiger partial charge < -0.3 is 60.5 Å². The molecule has 26 heteroatoms. The summed E-state index contributed by atoms with van der Waals surface area (Å²) in [4.78, 5) is 189. The van der Waals surface area contributed by atoms with E-state index in [2.05, 4.69) is 43.9 Å². The fourth-order valence-corrected chi connectivity index (χ4v) is 13.5. The van der Waals surface area contributed by atoms with Gasteiger partial charge in [-0.05, 0) is 135 Å².